The highest BCUT2D eigenvalue weighted by Crippen LogP contribution is 2.44. The third-order valence-electron chi connectivity index (χ3n) is 4.38. The second kappa shape index (κ2) is 4.53. The molecule has 2 aromatic rings. The van der Waals surface area contributed by atoms with Crippen molar-refractivity contribution in [2.75, 3.05) is 6.54 Å². The average Bonchev–Trinajstić information content (AvgIpc) is 2.97. The zero-order chi connectivity index (χ0) is 14.4. The number of benzene rings is 2. The lowest BCUT2D eigenvalue weighted by molar-refractivity contribution is 0.456. The van der Waals surface area contributed by atoms with Gasteiger partial charge in [0.05, 0.1) is 5.70 Å². The van der Waals surface area contributed by atoms with Crippen LogP contribution in [0.2, 0.25) is 0 Å². The van der Waals surface area contributed by atoms with E-state index in [-0.39, 0.29) is 5.92 Å². The van der Waals surface area contributed by atoms with Crippen LogP contribution in [0.25, 0.3) is 5.70 Å². The smallest absolute Gasteiger partial charge is 0.119 e. The summed E-state index contributed by atoms with van der Waals surface area (Å²) >= 11 is 0. The highest BCUT2D eigenvalue weighted by Gasteiger charge is 2.33. The third-order valence-corrected chi connectivity index (χ3v) is 4.38. The first-order chi connectivity index (χ1) is 10.3. The Bertz CT molecular complexity index is 752. The maximum atomic E-state index is 10.2. The lowest BCUT2D eigenvalue weighted by atomic mass is 9.77. The number of hydrazine groups is 1. The summed E-state index contributed by atoms with van der Waals surface area (Å²) in [5.41, 5.74) is 11.5. The Hall–Kier alpha value is -2.46. The quantitative estimate of drug-likeness (QED) is 0.647. The summed E-state index contributed by atoms with van der Waals surface area (Å²) in [6.07, 6.45) is 0.696. The topological polar surface area (TPSA) is 64.5 Å². The number of fused-ring (bicyclic) bond motifs is 2. The maximum Gasteiger partial charge on any atom is 0.119 e. The molecule has 1 aliphatic heterocycles. The third kappa shape index (κ3) is 1.80. The molecule has 4 nitrogen and oxygen atoms in total. The molecule has 0 bridgehead atoms. The molecule has 1 unspecified atom stereocenters. The van der Waals surface area contributed by atoms with Gasteiger partial charge >= 0.3 is 0 Å². The maximum absolute atomic E-state index is 10.2. The second-order valence-corrected chi connectivity index (χ2v) is 5.50. The van der Waals surface area contributed by atoms with Gasteiger partial charge in [0.1, 0.15) is 11.5 Å². The Balaban J connectivity index is 1.91. The molecular formula is C17H16N2O2. The van der Waals surface area contributed by atoms with Crippen LogP contribution in [0.5, 0.6) is 11.5 Å². The minimum Gasteiger partial charge on any atom is -0.508 e. The molecule has 0 radical (unpaired) electrons. The molecule has 0 aromatic heterocycles. The van der Waals surface area contributed by atoms with Gasteiger partial charge in [-0.3, -0.25) is 0 Å². The monoisotopic (exact) mass is 280 g/mol. The second-order valence-electron chi connectivity index (χ2n) is 5.50. The number of hydrogen-bond acceptors (Lipinski definition) is 4. The van der Waals surface area contributed by atoms with Crippen LogP contribution in [0.3, 0.4) is 0 Å². The molecule has 2 aliphatic rings. The molecular weight excluding hydrogens is 264 g/mol. The van der Waals surface area contributed by atoms with E-state index in [1.54, 1.807) is 12.1 Å². The van der Waals surface area contributed by atoms with Crippen LogP contribution in [-0.2, 0) is 6.42 Å². The van der Waals surface area contributed by atoms with E-state index >= 15 is 0 Å². The summed E-state index contributed by atoms with van der Waals surface area (Å²) in [6, 6.07) is 13.0. The molecule has 0 fully saturated rings. The van der Waals surface area contributed by atoms with Gasteiger partial charge in [-0.05, 0) is 24.1 Å². The fraction of sp³-hybridized carbons (Fsp3) is 0.176. The van der Waals surface area contributed by atoms with Crippen molar-refractivity contribution in [2.24, 2.45) is 0 Å². The Morgan fingerprint density at radius 2 is 1.76 bits per heavy atom. The Morgan fingerprint density at radius 1 is 0.952 bits per heavy atom. The number of aromatic hydroxyl groups is 2. The van der Waals surface area contributed by atoms with Crippen LogP contribution in [0.4, 0.5) is 0 Å². The van der Waals surface area contributed by atoms with E-state index < -0.39 is 0 Å². The summed E-state index contributed by atoms with van der Waals surface area (Å²) in [4.78, 5) is 0. The first-order valence-electron chi connectivity index (χ1n) is 7.06. The number of rotatable bonds is 1. The molecule has 106 valence electrons. The van der Waals surface area contributed by atoms with Crippen molar-refractivity contribution in [2.45, 2.75) is 12.3 Å². The largest absolute Gasteiger partial charge is 0.508 e. The lowest BCUT2D eigenvalue weighted by Crippen LogP contribution is -2.23. The molecule has 0 saturated carbocycles. The van der Waals surface area contributed by atoms with Gasteiger partial charge in [-0.25, -0.2) is 5.43 Å². The zero-order valence-electron chi connectivity index (χ0n) is 11.4. The molecule has 1 aliphatic carbocycles. The summed E-state index contributed by atoms with van der Waals surface area (Å²) in [7, 11) is 0. The SMILES string of the molecule is Oc1ccccc1C1Cc2c(O)cccc2C2=C1CNN2. The fourth-order valence-electron chi connectivity index (χ4n) is 3.36. The number of hydrogen-bond donors (Lipinski definition) is 4. The van der Waals surface area contributed by atoms with Gasteiger partial charge in [-0.1, -0.05) is 30.3 Å². The lowest BCUT2D eigenvalue weighted by Gasteiger charge is -2.27. The van der Waals surface area contributed by atoms with Crippen molar-refractivity contribution in [1.82, 2.24) is 10.9 Å². The van der Waals surface area contributed by atoms with Gasteiger partial charge < -0.3 is 15.6 Å². The molecule has 0 spiro atoms. The average molecular weight is 280 g/mol. The van der Waals surface area contributed by atoms with Crippen molar-refractivity contribution in [3.8, 4) is 11.5 Å². The van der Waals surface area contributed by atoms with Crippen molar-refractivity contribution in [1.29, 1.82) is 0 Å². The zero-order valence-corrected chi connectivity index (χ0v) is 11.4. The Labute approximate surface area is 122 Å². The van der Waals surface area contributed by atoms with E-state index in [0.29, 0.717) is 17.9 Å². The molecule has 1 heterocycles. The van der Waals surface area contributed by atoms with Gasteiger partial charge in [0.2, 0.25) is 0 Å². The molecule has 4 N–H and O–H groups in total. The molecule has 4 heteroatoms. The summed E-state index contributed by atoms with van der Waals surface area (Å²) in [5.74, 6) is 0.692. The van der Waals surface area contributed by atoms with E-state index in [1.807, 2.05) is 30.3 Å². The first kappa shape index (κ1) is 12.3. The van der Waals surface area contributed by atoms with Crippen molar-refractivity contribution >= 4 is 5.70 Å². The molecule has 1 atom stereocenters. The van der Waals surface area contributed by atoms with E-state index in [4.69, 9.17) is 0 Å². The predicted octanol–water partition coefficient (Wildman–Crippen LogP) is 2.26. The number of phenols is 2. The molecule has 2 aromatic carbocycles. The molecule has 0 saturated heterocycles. The highest BCUT2D eigenvalue weighted by molar-refractivity contribution is 5.77. The van der Waals surface area contributed by atoms with E-state index in [2.05, 4.69) is 10.9 Å². The minimum atomic E-state index is 0.0736. The van der Waals surface area contributed by atoms with Crippen LogP contribution in [0, 0.1) is 0 Å². The van der Waals surface area contributed by atoms with Crippen LogP contribution >= 0.6 is 0 Å². The number of phenolic OH excluding ortho intramolecular Hbond substituents is 2. The van der Waals surface area contributed by atoms with Gasteiger partial charge in [0.15, 0.2) is 0 Å². The van der Waals surface area contributed by atoms with Crippen LogP contribution in [0.1, 0.15) is 22.6 Å². The van der Waals surface area contributed by atoms with Crippen molar-refractivity contribution in [3.63, 3.8) is 0 Å². The highest BCUT2D eigenvalue weighted by atomic mass is 16.3. The Kier molecular flexibility index (Phi) is 2.65. The van der Waals surface area contributed by atoms with Gasteiger partial charge in [0, 0.05) is 29.2 Å². The standard InChI is InChI=1S/C17H16N2O2/c20-15-6-2-1-4-10(15)12-8-13-11(5-3-7-16(13)21)17-14(12)9-18-19-17/h1-7,12,18-21H,8-9H2. The van der Waals surface area contributed by atoms with Crippen LogP contribution < -0.4 is 10.9 Å². The van der Waals surface area contributed by atoms with Gasteiger partial charge in [-0.2, -0.15) is 0 Å². The minimum absolute atomic E-state index is 0.0736. The molecule has 0 amide bonds. The predicted molar refractivity (Wildman–Crippen MR) is 80.7 cm³/mol. The first-order valence-corrected chi connectivity index (χ1v) is 7.06. The van der Waals surface area contributed by atoms with Gasteiger partial charge in [0.25, 0.3) is 0 Å². The summed E-state index contributed by atoms with van der Waals surface area (Å²) < 4.78 is 0. The summed E-state index contributed by atoms with van der Waals surface area (Å²) in [6.45, 7) is 0.740. The van der Waals surface area contributed by atoms with E-state index in [9.17, 15) is 10.2 Å². The fourth-order valence-corrected chi connectivity index (χ4v) is 3.36. The van der Waals surface area contributed by atoms with Crippen molar-refractivity contribution < 1.29 is 10.2 Å². The Morgan fingerprint density at radius 3 is 2.62 bits per heavy atom. The normalized spacial score (nSPS) is 19.9. The number of para-hydroxylation sites is 1. The van der Waals surface area contributed by atoms with Crippen LogP contribution in [0.15, 0.2) is 48.0 Å². The van der Waals surface area contributed by atoms with E-state index in [0.717, 1.165) is 28.9 Å². The molecule has 4 rings (SSSR count). The van der Waals surface area contributed by atoms with Crippen LogP contribution in [-0.4, -0.2) is 16.8 Å². The van der Waals surface area contributed by atoms with E-state index in [1.165, 1.54) is 5.57 Å². The molecule has 21 heavy (non-hydrogen) atoms. The summed E-state index contributed by atoms with van der Waals surface area (Å²) in [5, 5.41) is 20.4. The van der Waals surface area contributed by atoms with Crippen molar-refractivity contribution in [3.05, 3.63) is 64.7 Å². The number of nitrogens with one attached hydrogen (secondary N) is 2. The van der Waals surface area contributed by atoms with Gasteiger partial charge in [-0.15, -0.1) is 0 Å².